The van der Waals surface area contributed by atoms with E-state index in [0.717, 1.165) is 25.9 Å². The third kappa shape index (κ3) is 3.30. The highest BCUT2D eigenvalue weighted by atomic mass is 16.5. The lowest BCUT2D eigenvalue weighted by Gasteiger charge is -2.28. The number of aromatic nitrogens is 2. The van der Waals surface area contributed by atoms with Gasteiger partial charge in [-0.1, -0.05) is 0 Å². The molecule has 1 aromatic carbocycles. The fourth-order valence-electron chi connectivity index (χ4n) is 2.88. The van der Waals surface area contributed by atoms with Crippen molar-refractivity contribution in [1.29, 1.82) is 0 Å². The van der Waals surface area contributed by atoms with Gasteiger partial charge in [0.15, 0.2) is 11.5 Å². The highest BCUT2D eigenvalue weighted by molar-refractivity contribution is 5.81. The minimum Gasteiger partial charge on any atom is -0.493 e. The van der Waals surface area contributed by atoms with Gasteiger partial charge in [0.1, 0.15) is 5.82 Å². The van der Waals surface area contributed by atoms with Crippen LogP contribution in [-0.2, 0) is 6.54 Å². The lowest BCUT2D eigenvalue weighted by atomic mass is 10.1. The van der Waals surface area contributed by atoms with Gasteiger partial charge in [-0.05, 0) is 18.9 Å². The number of aliphatic hydroxyl groups excluding tert-OH is 1. The van der Waals surface area contributed by atoms with Crippen molar-refractivity contribution in [3.05, 3.63) is 28.3 Å². The van der Waals surface area contributed by atoms with E-state index >= 15 is 0 Å². The highest BCUT2D eigenvalue weighted by Gasteiger charge is 2.18. The number of hydrogen-bond acceptors (Lipinski definition) is 6. The molecule has 0 bridgehead atoms. The predicted molar refractivity (Wildman–Crippen MR) is 86.0 cm³/mol. The average molecular weight is 319 g/mol. The molecule has 1 fully saturated rings. The van der Waals surface area contributed by atoms with Gasteiger partial charge in [0.05, 0.1) is 37.8 Å². The maximum Gasteiger partial charge on any atom is 0.258 e. The Morgan fingerprint density at radius 1 is 1.26 bits per heavy atom. The Hall–Kier alpha value is -2.12. The first kappa shape index (κ1) is 15.8. The van der Waals surface area contributed by atoms with Gasteiger partial charge in [0, 0.05) is 19.2 Å². The molecule has 2 N–H and O–H groups in total. The first-order valence-electron chi connectivity index (χ1n) is 7.66. The van der Waals surface area contributed by atoms with E-state index in [2.05, 4.69) is 14.9 Å². The van der Waals surface area contributed by atoms with Crippen molar-refractivity contribution in [2.75, 3.05) is 27.3 Å². The number of piperidine rings is 1. The Labute approximate surface area is 133 Å². The van der Waals surface area contributed by atoms with Crippen LogP contribution in [0.5, 0.6) is 11.5 Å². The van der Waals surface area contributed by atoms with Crippen LogP contribution in [0.25, 0.3) is 10.9 Å². The van der Waals surface area contributed by atoms with Crippen molar-refractivity contribution in [2.45, 2.75) is 25.5 Å². The third-order valence-corrected chi connectivity index (χ3v) is 4.19. The number of rotatable bonds is 4. The summed E-state index contributed by atoms with van der Waals surface area (Å²) in [4.78, 5) is 21.9. The number of benzene rings is 1. The first-order valence-corrected chi connectivity index (χ1v) is 7.66. The van der Waals surface area contributed by atoms with E-state index < -0.39 is 0 Å². The van der Waals surface area contributed by atoms with Gasteiger partial charge in [0.2, 0.25) is 0 Å². The lowest BCUT2D eigenvalue weighted by Crippen LogP contribution is -2.36. The summed E-state index contributed by atoms with van der Waals surface area (Å²) < 4.78 is 10.5. The number of H-pyrrole nitrogens is 1. The molecule has 0 unspecified atom stereocenters. The van der Waals surface area contributed by atoms with Gasteiger partial charge in [-0.3, -0.25) is 9.69 Å². The van der Waals surface area contributed by atoms with Crippen LogP contribution in [0, 0.1) is 0 Å². The SMILES string of the molecule is COc1cc2nc(CN3CCC(O)CC3)[nH]c(=O)c2cc1OC. The summed E-state index contributed by atoms with van der Waals surface area (Å²) in [5, 5.41) is 10.0. The smallest absolute Gasteiger partial charge is 0.258 e. The molecule has 7 nitrogen and oxygen atoms in total. The normalized spacial score (nSPS) is 16.7. The zero-order chi connectivity index (χ0) is 16.4. The Bertz CT molecular complexity index is 751. The molecule has 0 amide bonds. The van der Waals surface area contributed by atoms with Crippen LogP contribution < -0.4 is 15.0 Å². The number of nitrogens with zero attached hydrogens (tertiary/aromatic N) is 2. The molecule has 7 heteroatoms. The van der Waals surface area contributed by atoms with Gasteiger partial charge in [0.25, 0.3) is 5.56 Å². The van der Waals surface area contributed by atoms with Gasteiger partial charge in [-0.25, -0.2) is 4.98 Å². The summed E-state index contributed by atoms with van der Waals surface area (Å²) >= 11 is 0. The van der Waals surface area contributed by atoms with E-state index in [1.54, 1.807) is 19.2 Å². The van der Waals surface area contributed by atoms with Crippen molar-refractivity contribution in [2.24, 2.45) is 0 Å². The molecule has 0 aliphatic carbocycles. The molecule has 0 saturated carbocycles. The average Bonchev–Trinajstić information content (AvgIpc) is 2.56. The largest absolute Gasteiger partial charge is 0.493 e. The van der Waals surface area contributed by atoms with E-state index in [1.165, 1.54) is 7.11 Å². The molecule has 124 valence electrons. The molecule has 1 aromatic heterocycles. The number of ether oxygens (including phenoxy) is 2. The van der Waals surface area contributed by atoms with E-state index in [4.69, 9.17) is 9.47 Å². The molecule has 1 aliphatic heterocycles. The Balaban J connectivity index is 1.92. The molecule has 0 spiro atoms. The lowest BCUT2D eigenvalue weighted by molar-refractivity contribution is 0.0780. The second-order valence-electron chi connectivity index (χ2n) is 5.74. The van der Waals surface area contributed by atoms with Crippen LogP contribution in [0.4, 0.5) is 0 Å². The highest BCUT2D eigenvalue weighted by Crippen LogP contribution is 2.30. The van der Waals surface area contributed by atoms with Gasteiger partial charge < -0.3 is 19.6 Å². The molecule has 0 atom stereocenters. The standard InChI is InChI=1S/C16H21N3O4/c1-22-13-7-11-12(8-14(13)23-2)17-15(18-16(11)21)9-19-5-3-10(20)4-6-19/h7-8,10,20H,3-6,9H2,1-2H3,(H,17,18,21). The zero-order valence-electron chi connectivity index (χ0n) is 13.3. The fourth-order valence-corrected chi connectivity index (χ4v) is 2.88. The molecular formula is C16H21N3O4. The van der Waals surface area contributed by atoms with Crippen LogP contribution in [0.2, 0.25) is 0 Å². The number of methoxy groups -OCH3 is 2. The summed E-state index contributed by atoms with van der Waals surface area (Å²) in [5.41, 5.74) is 0.390. The van der Waals surface area contributed by atoms with Crippen LogP contribution in [-0.4, -0.2) is 53.4 Å². The van der Waals surface area contributed by atoms with Crippen LogP contribution >= 0.6 is 0 Å². The number of likely N-dealkylation sites (tertiary alicyclic amines) is 1. The van der Waals surface area contributed by atoms with Crippen LogP contribution in [0.15, 0.2) is 16.9 Å². The Morgan fingerprint density at radius 2 is 1.91 bits per heavy atom. The van der Waals surface area contributed by atoms with Gasteiger partial charge in [-0.15, -0.1) is 0 Å². The van der Waals surface area contributed by atoms with E-state index in [-0.39, 0.29) is 11.7 Å². The molecule has 2 heterocycles. The number of aliphatic hydroxyl groups is 1. The number of fused-ring (bicyclic) bond motifs is 1. The summed E-state index contributed by atoms with van der Waals surface area (Å²) in [6.45, 7) is 2.16. The number of aromatic amines is 1. The van der Waals surface area contributed by atoms with E-state index in [0.29, 0.717) is 34.8 Å². The third-order valence-electron chi connectivity index (χ3n) is 4.19. The summed E-state index contributed by atoms with van der Waals surface area (Å²) in [6.07, 6.45) is 1.29. The molecule has 1 saturated heterocycles. The fraction of sp³-hybridized carbons (Fsp3) is 0.500. The van der Waals surface area contributed by atoms with Gasteiger partial charge in [-0.2, -0.15) is 0 Å². The molecular weight excluding hydrogens is 298 g/mol. The van der Waals surface area contributed by atoms with Crippen molar-refractivity contribution in [1.82, 2.24) is 14.9 Å². The molecule has 3 rings (SSSR count). The van der Waals surface area contributed by atoms with Crippen LogP contribution in [0.1, 0.15) is 18.7 Å². The monoisotopic (exact) mass is 319 g/mol. The van der Waals surface area contributed by atoms with Crippen molar-refractivity contribution in [3.8, 4) is 11.5 Å². The van der Waals surface area contributed by atoms with E-state index in [1.807, 2.05) is 0 Å². The Morgan fingerprint density at radius 3 is 2.57 bits per heavy atom. The molecule has 1 aliphatic rings. The van der Waals surface area contributed by atoms with Crippen molar-refractivity contribution >= 4 is 10.9 Å². The summed E-state index contributed by atoms with van der Waals surface area (Å²) in [5.74, 6) is 1.67. The minimum absolute atomic E-state index is 0.192. The molecule has 2 aromatic rings. The van der Waals surface area contributed by atoms with E-state index in [9.17, 15) is 9.90 Å². The molecule has 0 radical (unpaired) electrons. The van der Waals surface area contributed by atoms with Gasteiger partial charge >= 0.3 is 0 Å². The predicted octanol–water partition coefficient (Wildman–Crippen LogP) is 0.897. The second kappa shape index (κ2) is 6.55. The molecule has 23 heavy (non-hydrogen) atoms. The van der Waals surface area contributed by atoms with Crippen molar-refractivity contribution < 1.29 is 14.6 Å². The maximum absolute atomic E-state index is 12.3. The van der Waals surface area contributed by atoms with Crippen LogP contribution in [0.3, 0.4) is 0 Å². The first-order chi connectivity index (χ1) is 11.1. The summed E-state index contributed by atoms with van der Waals surface area (Å²) in [7, 11) is 3.08. The topological polar surface area (TPSA) is 87.7 Å². The zero-order valence-corrected chi connectivity index (χ0v) is 13.3. The van der Waals surface area contributed by atoms with Crippen molar-refractivity contribution in [3.63, 3.8) is 0 Å². The minimum atomic E-state index is -0.216. The quantitative estimate of drug-likeness (QED) is 0.870. The Kier molecular flexibility index (Phi) is 4.49. The number of hydrogen-bond donors (Lipinski definition) is 2. The summed E-state index contributed by atoms with van der Waals surface area (Å²) in [6, 6.07) is 3.36. The number of nitrogens with one attached hydrogen (secondary N) is 1. The maximum atomic E-state index is 12.3. The second-order valence-corrected chi connectivity index (χ2v) is 5.74.